The Morgan fingerprint density at radius 1 is 1.03 bits per heavy atom. The lowest BCUT2D eigenvalue weighted by Gasteiger charge is -2.16. The van der Waals surface area contributed by atoms with Gasteiger partial charge in [0.2, 0.25) is 5.91 Å². The van der Waals surface area contributed by atoms with Crippen LogP contribution < -0.4 is 5.69 Å². The number of carbonyl (C=O) groups is 1. The molecule has 1 saturated carbocycles. The fourth-order valence-electron chi connectivity index (χ4n) is 4.70. The number of benzene rings is 2. The average Bonchev–Trinajstić information content (AvgIpc) is 3.20. The van der Waals surface area contributed by atoms with Crippen LogP contribution in [0, 0.1) is 11.8 Å². The molecule has 1 aliphatic carbocycles. The van der Waals surface area contributed by atoms with Gasteiger partial charge in [0, 0.05) is 30.8 Å². The van der Waals surface area contributed by atoms with Crippen LogP contribution >= 0.6 is 0 Å². The normalized spacial score (nSPS) is 18.5. The largest absolute Gasteiger partial charge is 0.347 e. The van der Waals surface area contributed by atoms with Gasteiger partial charge in [-0.3, -0.25) is 9.89 Å². The van der Waals surface area contributed by atoms with Gasteiger partial charge in [-0.2, -0.15) is 10.2 Å². The molecule has 0 spiro atoms. The molecule has 2 N–H and O–H groups in total. The summed E-state index contributed by atoms with van der Waals surface area (Å²) in [4.78, 5) is 26.9. The highest BCUT2D eigenvalue weighted by Crippen LogP contribution is 2.33. The lowest BCUT2D eigenvalue weighted by molar-refractivity contribution is -0.131. The summed E-state index contributed by atoms with van der Waals surface area (Å²) in [6.07, 6.45) is 5.50. The number of fused-ring (bicyclic) bond motifs is 1. The van der Waals surface area contributed by atoms with E-state index < -0.39 is 0 Å². The van der Waals surface area contributed by atoms with E-state index in [2.05, 4.69) is 32.5 Å². The van der Waals surface area contributed by atoms with E-state index in [1.807, 2.05) is 41.4 Å². The number of aromatic nitrogens is 5. The number of H-pyrrole nitrogens is 2. The van der Waals surface area contributed by atoms with E-state index in [0.717, 1.165) is 60.1 Å². The fourth-order valence-corrected chi connectivity index (χ4v) is 4.70. The molecule has 1 aliphatic heterocycles. The molecule has 1 atom stereocenters. The minimum atomic E-state index is -0.239. The summed E-state index contributed by atoms with van der Waals surface area (Å²) in [6, 6.07) is 14.1. The van der Waals surface area contributed by atoms with Gasteiger partial charge in [0.1, 0.15) is 5.82 Å². The summed E-state index contributed by atoms with van der Waals surface area (Å²) in [7, 11) is 0. The van der Waals surface area contributed by atoms with Gasteiger partial charge < -0.3 is 4.90 Å². The van der Waals surface area contributed by atoms with Gasteiger partial charge in [0.15, 0.2) is 0 Å². The number of nitrogens with one attached hydrogen (secondary N) is 2. The molecule has 1 amide bonds. The van der Waals surface area contributed by atoms with Gasteiger partial charge in [0.05, 0.1) is 17.4 Å². The number of aromatic amines is 2. The van der Waals surface area contributed by atoms with Crippen molar-refractivity contribution in [3.63, 3.8) is 0 Å². The smallest absolute Gasteiger partial charge is 0.342 e. The Labute approximate surface area is 184 Å². The zero-order chi connectivity index (χ0) is 21.7. The minimum Gasteiger partial charge on any atom is -0.342 e. The second-order valence-corrected chi connectivity index (χ2v) is 8.92. The molecule has 2 aliphatic rings. The van der Waals surface area contributed by atoms with Crippen LogP contribution in [0.3, 0.4) is 0 Å². The van der Waals surface area contributed by atoms with E-state index in [9.17, 15) is 9.59 Å². The van der Waals surface area contributed by atoms with Crippen molar-refractivity contribution in [1.82, 2.24) is 29.9 Å². The maximum absolute atomic E-state index is 12.5. The quantitative estimate of drug-likeness (QED) is 0.510. The summed E-state index contributed by atoms with van der Waals surface area (Å²) in [6.45, 7) is 1.57. The predicted molar refractivity (Wildman–Crippen MR) is 120 cm³/mol. The molecule has 8 nitrogen and oxygen atoms in total. The van der Waals surface area contributed by atoms with Crippen molar-refractivity contribution in [2.75, 3.05) is 13.1 Å². The van der Waals surface area contributed by atoms with Gasteiger partial charge >= 0.3 is 5.69 Å². The third-order valence-electron chi connectivity index (χ3n) is 6.64. The van der Waals surface area contributed by atoms with Crippen LogP contribution in [0.4, 0.5) is 0 Å². The number of nitrogens with zero attached hydrogens (tertiary/aromatic N) is 4. The summed E-state index contributed by atoms with van der Waals surface area (Å²) in [5.74, 6) is 1.60. The number of carbonyl (C=O) groups excluding carboxylic acids is 1. The first kappa shape index (κ1) is 19.0. The monoisotopic (exact) mass is 428 g/mol. The molecule has 0 unspecified atom stereocenters. The summed E-state index contributed by atoms with van der Waals surface area (Å²) >= 11 is 0. The molecule has 32 heavy (non-hydrogen) atoms. The van der Waals surface area contributed by atoms with Crippen LogP contribution in [-0.2, 0) is 11.2 Å². The van der Waals surface area contributed by atoms with E-state index in [0.29, 0.717) is 24.1 Å². The number of hydrogen-bond donors (Lipinski definition) is 2. The molecule has 4 aromatic rings. The predicted octanol–water partition coefficient (Wildman–Crippen LogP) is 2.90. The van der Waals surface area contributed by atoms with Crippen LogP contribution in [0.5, 0.6) is 0 Å². The first-order chi connectivity index (χ1) is 15.7. The van der Waals surface area contributed by atoms with Crippen LogP contribution in [-0.4, -0.2) is 48.9 Å². The van der Waals surface area contributed by atoms with Crippen LogP contribution in [0.1, 0.15) is 25.1 Å². The van der Waals surface area contributed by atoms with Crippen molar-refractivity contribution in [1.29, 1.82) is 0 Å². The summed E-state index contributed by atoms with van der Waals surface area (Å²) in [5.41, 5.74) is 3.72. The Morgan fingerprint density at radius 2 is 1.84 bits per heavy atom. The zero-order valence-electron chi connectivity index (χ0n) is 17.6. The molecule has 8 heteroatoms. The molecular formula is C24H24N6O2. The molecule has 0 radical (unpaired) electrons. The average molecular weight is 428 g/mol. The van der Waals surface area contributed by atoms with Gasteiger partial charge in [-0.05, 0) is 60.6 Å². The molecule has 0 bridgehead atoms. The molecule has 2 fully saturated rings. The van der Waals surface area contributed by atoms with Gasteiger partial charge in [0.25, 0.3) is 0 Å². The lowest BCUT2D eigenvalue weighted by atomic mass is 10.0. The van der Waals surface area contributed by atoms with Crippen molar-refractivity contribution in [3.05, 3.63) is 65.0 Å². The zero-order valence-corrected chi connectivity index (χ0v) is 17.6. The Morgan fingerprint density at radius 3 is 2.66 bits per heavy atom. The van der Waals surface area contributed by atoms with Gasteiger partial charge in [-0.1, -0.05) is 18.2 Å². The Hall–Kier alpha value is -3.68. The second kappa shape index (κ2) is 7.47. The van der Waals surface area contributed by atoms with Gasteiger partial charge in [-0.25, -0.2) is 14.5 Å². The summed E-state index contributed by atoms with van der Waals surface area (Å²) in [5, 5.41) is 15.0. The van der Waals surface area contributed by atoms with E-state index in [1.54, 1.807) is 4.57 Å². The first-order valence-electron chi connectivity index (χ1n) is 11.1. The first-order valence-corrected chi connectivity index (χ1v) is 11.1. The standard InChI is InChI=1S/C24H24N6O2/c31-23(17-1-2-17)29-10-9-15(14-29)11-22-27-28-24(32)30(22)20-6-3-16(4-7-20)18-5-8-21-19(12-18)13-25-26-21/h3-8,12-13,15,17H,1-2,9-11,14H2,(H,25,26)(H,28,32)/t15-/m0/s1. The van der Waals surface area contributed by atoms with E-state index in [4.69, 9.17) is 0 Å². The highest BCUT2D eigenvalue weighted by atomic mass is 16.2. The van der Waals surface area contributed by atoms with Crippen molar-refractivity contribution in [2.45, 2.75) is 25.7 Å². The third kappa shape index (κ3) is 3.41. The third-order valence-corrected chi connectivity index (χ3v) is 6.64. The van der Waals surface area contributed by atoms with Crippen molar-refractivity contribution in [2.24, 2.45) is 11.8 Å². The lowest BCUT2D eigenvalue weighted by Crippen LogP contribution is -2.30. The highest BCUT2D eigenvalue weighted by molar-refractivity contribution is 5.84. The molecule has 2 aromatic carbocycles. The fraction of sp³-hybridized carbons (Fsp3) is 0.333. The van der Waals surface area contributed by atoms with Crippen molar-refractivity contribution in [3.8, 4) is 16.8 Å². The molecular weight excluding hydrogens is 404 g/mol. The molecule has 1 saturated heterocycles. The number of likely N-dealkylation sites (tertiary alicyclic amines) is 1. The van der Waals surface area contributed by atoms with E-state index in [-0.39, 0.29) is 11.6 Å². The highest BCUT2D eigenvalue weighted by Gasteiger charge is 2.36. The van der Waals surface area contributed by atoms with Crippen molar-refractivity contribution >= 4 is 16.8 Å². The maximum Gasteiger partial charge on any atom is 0.347 e. The molecule has 3 heterocycles. The second-order valence-electron chi connectivity index (χ2n) is 8.92. The van der Waals surface area contributed by atoms with Gasteiger partial charge in [-0.15, -0.1) is 0 Å². The Bertz CT molecular complexity index is 1340. The van der Waals surface area contributed by atoms with E-state index in [1.165, 1.54) is 0 Å². The van der Waals surface area contributed by atoms with Crippen LogP contribution in [0.2, 0.25) is 0 Å². The SMILES string of the molecule is O=C(C1CC1)N1CC[C@@H](Cc2n[nH]c(=O)n2-c2ccc(-c3ccc4[nH]ncc4c3)cc2)C1. The molecule has 2 aromatic heterocycles. The Balaban J connectivity index is 1.22. The number of rotatable bonds is 5. The topological polar surface area (TPSA) is 99.7 Å². The van der Waals surface area contributed by atoms with E-state index >= 15 is 0 Å². The van der Waals surface area contributed by atoms with Crippen LogP contribution in [0.15, 0.2) is 53.5 Å². The Kier molecular flexibility index (Phi) is 4.45. The molecule has 162 valence electrons. The van der Waals surface area contributed by atoms with Crippen LogP contribution in [0.25, 0.3) is 27.7 Å². The maximum atomic E-state index is 12.5. The number of hydrogen-bond acceptors (Lipinski definition) is 4. The minimum absolute atomic E-state index is 0.239. The molecule has 6 rings (SSSR count). The van der Waals surface area contributed by atoms with Crippen molar-refractivity contribution < 1.29 is 4.79 Å². The summed E-state index contributed by atoms with van der Waals surface area (Å²) < 4.78 is 1.65. The number of amides is 1.